The van der Waals surface area contributed by atoms with Crippen molar-refractivity contribution >= 4 is 33.7 Å². The highest BCUT2D eigenvalue weighted by molar-refractivity contribution is 7.90. The molecule has 44 heavy (non-hydrogen) atoms. The lowest BCUT2D eigenvalue weighted by Gasteiger charge is -2.09. The molecule has 1 heterocycles. The first-order chi connectivity index (χ1) is 21.1. The monoisotopic (exact) mass is 618 g/mol. The van der Waals surface area contributed by atoms with Crippen molar-refractivity contribution in [2.45, 2.75) is 17.9 Å². The first kappa shape index (κ1) is 31.5. The molecule has 0 spiro atoms. The lowest BCUT2D eigenvalue weighted by atomic mass is 10.1. The number of pyridine rings is 1. The van der Waals surface area contributed by atoms with Gasteiger partial charge in [0.05, 0.1) is 10.5 Å². The fourth-order valence-corrected chi connectivity index (χ4v) is 4.77. The summed E-state index contributed by atoms with van der Waals surface area (Å²) in [6.07, 6.45) is 1.44. The minimum Gasteiger partial charge on any atom is -0.460 e. The fraction of sp³-hybridized carbons (Fsp3) is 0.129. The molecule has 11 nitrogen and oxygen atoms in total. The molecular weight excluding hydrogens is 591 g/mol. The Morgan fingerprint density at radius 3 is 2.07 bits per heavy atom. The van der Waals surface area contributed by atoms with Gasteiger partial charge >= 0.3 is 5.97 Å². The molecule has 4 rings (SSSR count). The van der Waals surface area contributed by atoms with E-state index >= 15 is 0 Å². The second kappa shape index (κ2) is 14.6. The van der Waals surface area contributed by atoms with Crippen LogP contribution in [0, 0.1) is 5.82 Å². The second-order valence-corrected chi connectivity index (χ2v) is 11.0. The summed E-state index contributed by atoms with van der Waals surface area (Å²) in [5.74, 6) is -3.10. The molecule has 226 valence electrons. The Kier molecular flexibility index (Phi) is 10.5. The SMILES string of the molecule is O=C(CNC(=O)c1ccc(C(=O)NS(=O)(=O)c2ccc(CCNC(=O)c3ccc(F)cc3)cc2)cn1)OCc1ccccc1. The van der Waals surface area contributed by atoms with E-state index in [1.807, 2.05) is 10.8 Å². The van der Waals surface area contributed by atoms with Gasteiger partial charge in [-0.05, 0) is 66.1 Å². The molecule has 13 heteroatoms. The predicted molar refractivity (Wildman–Crippen MR) is 156 cm³/mol. The Labute approximate surface area is 252 Å². The van der Waals surface area contributed by atoms with Crippen LogP contribution in [0.25, 0.3) is 0 Å². The van der Waals surface area contributed by atoms with Crippen molar-refractivity contribution in [1.82, 2.24) is 20.3 Å². The van der Waals surface area contributed by atoms with Crippen LogP contribution in [0.3, 0.4) is 0 Å². The Morgan fingerprint density at radius 1 is 0.727 bits per heavy atom. The number of hydrogen-bond acceptors (Lipinski definition) is 8. The summed E-state index contributed by atoms with van der Waals surface area (Å²) in [6.45, 7) is -0.0695. The van der Waals surface area contributed by atoms with Crippen LogP contribution in [0.1, 0.15) is 42.3 Å². The number of carbonyl (C=O) groups is 4. The van der Waals surface area contributed by atoms with E-state index in [4.69, 9.17) is 4.74 Å². The van der Waals surface area contributed by atoms with Gasteiger partial charge in [-0.25, -0.2) is 17.5 Å². The van der Waals surface area contributed by atoms with Gasteiger partial charge in [0, 0.05) is 18.3 Å². The van der Waals surface area contributed by atoms with Crippen LogP contribution >= 0.6 is 0 Å². The first-order valence-corrected chi connectivity index (χ1v) is 14.7. The molecule has 0 saturated heterocycles. The number of sulfonamides is 1. The van der Waals surface area contributed by atoms with E-state index in [0.717, 1.165) is 17.3 Å². The molecule has 4 aromatic rings. The number of benzene rings is 3. The van der Waals surface area contributed by atoms with Gasteiger partial charge in [0.25, 0.3) is 27.7 Å². The van der Waals surface area contributed by atoms with E-state index in [9.17, 15) is 32.0 Å². The van der Waals surface area contributed by atoms with Crippen molar-refractivity contribution < 1.29 is 36.7 Å². The number of esters is 1. The van der Waals surface area contributed by atoms with Crippen molar-refractivity contribution in [2.75, 3.05) is 13.1 Å². The number of amides is 3. The summed E-state index contributed by atoms with van der Waals surface area (Å²) in [5.41, 5.74) is 1.64. The van der Waals surface area contributed by atoms with Gasteiger partial charge < -0.3 is 15.4 Å². The molecule has 0 radical (unpaired) electrons. The number of nitrogens with one attached hydrogen (secondary N) is 3. The van der Waals surface area contributed by atoms with Crippen molar-refractivity contribution in [2.24, 2.45) is 0 Å². The number of ether oxygens (including phenoxy) is 1. The Balaban J connectivity index is 1.23. The van der Waals surface area contributed by atoms with Crippen LogP contribution in [0.4, 0.5) is 4.39 Å². The molecule has 3 N–H and O–H groups in total. The average molecular weight is 619 g/mol. The Morgan fingerprint density at radius 2 is 1.41 bits per heavy atom. The largest absolute Gasteiger partial charge is 0.460 e. The van der Waals surface area contributed by atoms with Crippen molar-refractivity contribution in [3.63, 3.8) is 0 Å². The zero-order chi connectivity index (χ0) is 31.5. The van der Waals surface area contributed by atoms with Gasteiger partial charge in [-0.1, -0.05) is 42.5 Å². The zero-order valence-corrected chi connectivity index (χ0v) is 24.0. The minimum atomic E-state index is -4.23. The molecule has 0 bridgehead atoms. The third-order valence-electron chi connectivity index (χ3n) is 6.16. The van der Waals surface area contributed by atoms with Crippen LogP contribution < -0.4 is 15.4 Å². The number of nitrogens with zero attached hydrogens (tertiary/aromatic N) is 1. The standard InChI is InChI=1S/C31H27FN4O7S/c32-25-11-8-23(9-12-25)29(38)33-17-16-21-6-13-26(14-7-21)44(41,42)36-30(39)24-10-15-27(34-18-24)31(40)35-19-28(37)43-20-22-4-2-1-3-5-22/h1-15,18H,16-17,19-20H2,(H,33,38)(H,35,40)(H,36,39). The topological polar surface area (TPSA) is 161 Å². The smallest absolute Gasteiger partial charge is 0.325 e. The van der Waals surface area contributed by atoms with E-state index in [1.165, 1.54) is 48.5 Å². The third kappa shape index (κ3) is 9.03. The van der Waals surface area contributed by atoms with Gasteiger partial charge in [0.2, 0.25) is 0 Å². The van der Waals surface area contributed by atoms with E-state index in [1.54, 1.807) is 36.4 Å². The van der Waals surface area contributed by atoms with Crippen LogP contribution in [0.5, 0.6) is 0 Å². The summed E-state index contributed by atoms with van der Waals surface area (Å²) >= 11 is 0. The second-order valence-electron chi connectivity index (χ2n) is 9.35. The fourth-order valence-electron chi connectivity index (χ4n) is 3.79. The molecule has 0 aliphatic rings. The summed E-state index contributed by atoms with van der Waals surface area (Å²) < 4.78 is 45.5. The Hall–Kier alpha value is -5.43. The molecule has 1 aromatic heterocycles. The van der Waals surface area contributed by atoms with Gasteiger partial charge in [-0.15, -0.1) is 0 Å². The number of aromatic nitrogens is 1. The van der Waals surface area contributed by atoms with E-state index in [2.05, 4.69) is 15.6 Å². The quantitative estimate of drug-likeness (QED) is 0.204. The van der Waals surface area contributed by atoms with Gasteiger partial charge in [0.15, 0.2) is 0 Å². The highest BCUT2D eigenvalue weighted by atomic mass is 32.2. The molecule has 3 aromatic carbocycles. The first-order valence-electron chi connectivity index (χ1n) is 13.2. The minimum absolute atomic E-state index is 0.0599. The van der Waals surface area contributed by atoms with Crippen LogP contribution in [0.2, 0.25) is 0 Å². The molecule has 0 atom stereocenters. The third-order valence-corrected chi connectivity index (χ3v) is 7.51. The summed E-state index contributed by atoms with van der Waals surface area (Å²) in [6, 6.07) is 22.3. The predicted octanol–water partition coefficient (Wildman–Crippen LogP) is 2.79. The normalized spacial score (nSPS) is 10.8. The molecule has 0 aliphatic heterocycles. The molecule has 0 fully saturated rings. The molecule has 0 aliphatic carbocycles. The highest BCUT2D eigenvalue weighted by Gasteiger charge is 2.20. The van der Waals surface area contributed by atoms with Crippen LogP contribution in [0.15, 0.2) is 102 Å². The molecule has 0 unspecified atom stereocenters. The lowest BCUT2D eigenvalue weighted by Crippen LogP contribution is -2.32. The summed E-state index contributed by atoms with van der Waals surface area (Å²) in [7, 11) is -4.23. The van der Waals surface area contributed by atoms with Crippen LogP contribution in [-0.4, -0.2) is 50.2 Å². The highest BCUT2D eigenvalue weighted by Crippen LogP contribution is 2.12. The summed E-state index contributed by atoms with van der Waals surface area (Å²) in [4.78, 5) is 52.6. The number of rotatable bonds is 12. The summed E-state index contributed by atoms with van der Waals surface area (Å²) in [5, 5.41) is 5.07. The number of halogens is 1. The maximum absolute atomic E-state index is 13.0. The van der Waals surface area contributed by atoms with E-state index < -0.39 is 40.2 Å². The Bertz CT molecular complexity index is 1730. The van der Waals surface area contributed by atoms with Crippen LogP contribution in [-0.2, 0) is 32.6 Å². The maximum Gasteiger partial charge on any atom is 0.325 e. The number of hydrogen-bond donors (Lipinski definition) is 3. The van der Waals surface area contributed by atoms with Gasteiger partial charge in [-0.3, -0.25) is 24.2 Å². The average Bonchev–Trinajstić information content (AvgIpc) is 3.03. The molecule has 3 amide bonds. The van der Waals surface area contributed by atoms with Gasteiger partial charge in [-0.2, -0.15) is 0 Å². The van der Waals surface area contributed by atoms with Gasteiger partial charge in [0.1, 0.15) is 24.7 Å². The van der Waals surface area contributed by atoms with Crippen molar-refractivity contribution in [1.29, 1.82) is 0 Å². The molecule has 0 saturated carbocycles. The maximum atomic E-state index is 13.0. The number of carbonyl (C=O) groups excluding carboxylic acids is 4. The van der Waals surface area contributed by atoms with Crippen molar-refractivity contribution in [3.8, 4) is 0 Å². The van der Waals surface area contributed by atoms with E-state index in [-0.39, 0.29) is 35.2 Å². The van der Waals surface area contributed by atoms with Crippen molar-refractivity contribution in [3.05, 3.63) is 131 Å². The lowest BCUT2D eigenvalue weighted by molar-refractivity contribution is -0.143. The van der Waals surface area contributed by atoms with E-state index in [0.29, 0.717) is 12.0 Å². The zero-order valence-electron chi connectivity index (χ0n) is 23.2. The molecular formula is C31H27FN4O7S.